The number of nitrogens with one attached hydrogen (secondary N) is 1. The number of hydrogen-bond donors (Lipinski definition) is 1. The predicted octanol–water partition coefficient (Wildman–Crippen LogP) is 1.13. The number of aryl methyl sites for hydroxylation is 2. The number of ether oxygens (including phenoxy) is 3. The molecule has 26 heavy (non-hydrogen) atoms. The fourth-order valence-electron chi connectivity index (χ4n) is 2.15. The van der Waals surface area contributed by atoms with Crippen LogP contribution < -0.4 is 5.32 Å². The Bertz CT molecular complexity index is 728. The normalized spacial score (nSPS) is 13.0. The summed E-state index contributed by atoms with van der Waals surface area (Å²) < 4.78 is 14.9. The van der Waals surface area contributed by atoms with Gasteiger partial charge in [-0.25, -0.2) is 4.79 Å². The van der Waals surface area contributed by atoms with Crippen LogP contribution in [0.3, 0.4) is 0 Å². The van der Waals surface area contributed by atoms with Gasteiger partial charge in [-0.2, -0.15) is 0 Å². The van der Waals surface area contributed by atoms with Crippen LogP contribution in [0.15, 0.2) is 30.2 Å². The summed E-state index contributed by atoms with van der Waals surface area (Å²) >= 11 is 0. The van der Waals surface area contributed by atoms with Gasteiger partial charge >= 0.3 is 5.97 Å². The highest BCUT2D eigenvalue weighted by atomic mass is 16.6. The predicted molar refractivity (Wildman–Crippen MR) is 93.1 cm³/mol. The molecule has 2 rings (SSSR count). The lowest BCUT2D eigenvalue weighted by Crippen LogP contribution is -2.37. The van der Waals surface area contributed by atoms with E-state index in [2.05, 4.69) is 5.32 Å². The molecule has 0 radical (unpaired) electrons. The molecule has 1 aliphatic rings. The number of anilines is 1. The number of carbonyl (C=O) groups is 3. The third kappa shape index (κ3) is 5.51. The van der Waals surface area contributed by atoms with Gasteiger partial charge in [0.15, 0.2) is 6.61 Å². The van der Waals surface area contributed by atoms with Crippen molar-refractivity contribution in [1.29, 1.82) is 0 Å². The minimum Gasteiger partial charge on any atom is -0.493 e. The molecule has 0 aromatic heterocycles. The summed E-state index contributed by atoms with van der Waals surface area (Å²) in [6.45, 7) is 3.75. The van der Waals surface area contributed by atoms with E-state index in [4.69, 9.17) is 14.2 Å². The highest BCUT2D eigenvalue weighted by molar-refractivity contribution is 5.95. The first-order valence-corrected chi connectivity index (χ1v) is 8.09. The number of amides is 2. The van der Waals surface area contributed by atoms with Gasteiger partial charge in [0.1, 0.15) is 19.5 Å². The standard InChI is InChI=1S/C18H22N2O6/c1-12-4-5-13(2)14(8-12)19-16(21)9-20(3)17(22)11-26-18(23)15-10-24-6-7-25-15/h4-5,8,10H,6-7,9,11H2,1-3H3,(H,19,21). The quantitative estimate of drug-likeness (QED) is 0.763. The van der Waals surface area contributed by atoms with Crippen molar-refractivity contribution in [2.24, 2.45) is 0 Å². The van der Waals surface area contributed by atoms with Crippen molar-refractivity contribution in [2.75, 3.05) is 38.7 Å². The van der Waals surface area contributed by atoms with Gasteiger partial charge < -0.3 is 24.4 Å². The molecular formula is C18H22N2O6. The van der Waals surface area contributed by atoms with Gasteiger partial charge in [-0.15, -0.1) is 0 Å². The van der Waals surface area contributed by atoms with Gasteiger partial charge in [0.25, 0.3) is 5.91 Å². The van der Waals surface area contributed by atoms with Gasteiger partial charge in [-0.05, 0) is 31.0 Å². The van der Waals surface area contributed by atoms with Crippen LogP contribution in [0.1, 0.15) is 11.1 Å². The number of benzene rings is 1. The van der Waals surface area contributed by atoms with E-state index in [1.807, 2.05) is 32.0 Å². The average molecular weight is 362 g/mol. The molecule has 1 aromatic rings. The maximum atomic E-state index is 12.1. The molecule has 0 atom stereocenters. The summed E-state index contributed by atoms with van der Waals surface area (Å²) in [4.78, 5) is 37.0. The molecule has 1 aliphatic heterocycles. The zero-order valence-corrected chi connectivity index (χ0v) is 15.0. The molecule has 0 spiro atoms. The monoisotopic (exact) mass is 362 g/mol. The van der Waals surface area contributed by atoms with E-state index in [9.17, 15) is 14.4 Å². The smallest absolute Gasteiger partial charge is 0.377 e. The molecule has 140 valence electrons. The number of hydrogen-bond acceptors (Lipinski definition) is 6. The minimum atomic E-state index is -0.786. The largest absolute Gasteiger partial charge is 0.493 e. The minimum absolute atomic E-state index is 0.0839. The van der Waals surface area contributed by atoms with Crippen LogP contribution in [-0.2, 0) is 28.6 Å². The number of nitrogens with zero attached hydrogens (tertiary/aromatic N) is 1. The van der Waals surface area contributed by atoms with E-state index >= 15 is 0 Å². The van der Waals surface area contributed by atoms with Gasteiger partial charge in [0.05, 0.1) is 6.54 Å². The van der Waals surface area contributed by atoms with E-state index in [1.54, 1.807) is 0 Å². The number of esters is 1. The molecule has 1 heterocycles. The fourth-order valence-corrected chi connectivity index (χ4v) is 2.15. The van der Waals surface area contributed by atoms with Crippen molar-refractivity contribution in [2.45, 2.75) is 13.8 Å². The molecule has 8 heteroatoms. The zero-order valence-electron chi connectivity index (χ0n) is 15.0. The number of carbonyl (C=O) groups excluding carboxylic acids is 3. The molecule has 0 saturated heterocycles. The van der Waals surface area contributed by atoms with Gasteiger partial charge in [-0.3, -0.25) is 9.59 Å². The van der Waals surface area contributed by atoms with Crippen LogP contribution in [0.25, 0.3) is 0 Å². The molecule has 0 fully saturated rings. The van der Waals surface area contributed by atoms with Gasteiger partial charge in [-0.1, -0.05) is 12.1 Å². The summed E-state index contributed by atoms with van der Waals surface area (Å²) in [5.74, 6) is -1.72. The molecule has 8 nitrogen and oxygen atoms in total. The Morgan fingerprint density at radius 1 is 1.23 bits per heavy atom. The van der Waals surface area contributed by atoms with Gasteiger partial charge in [0.2, 0.25) is 11.7 Å². The molecular weight excluding hydrogens is 340 g/mol. The Kier molecular flexibility index (Phi) is 6.60. The highest BCUT2D eigenvalue weighted by Gasteiger charge is 2.20. The van der Waals surface area contributed by atoms with Crippen molar-refractivity contribution in [1.82, 2.24) is 4.90 Å². The average Bonchev–Trinajstić information content (AvgIpc) is 2.63. The molecule has 0 unspecified atom stereocenters. The van der Waals surface area contributed by atoms with E-state index in [0.29, 0.717) is 12.3 Å². The summed E-state index contributed by atoms with van der Waals surface area (Å²) in [6.07, 6.45) is 1.15. The van der Waals surface area contributed by atoms with E-state index < -0.39 is 18.5 Å². The fraction of sp³-hybridized carbons (Fsp3) is 0.389. The maximum Gasteiger partial charge on any atom is 0.377 e. The Morgan fingerprint density at radius 3 is 2.69 bits per heavy atom. The van der Waals surface area contributed by atoms with Gasteiger partial charge in [0, 0.05) is 12.7 Å². The Hall–Kier alpha value is -3.03. The molecule has 1 N–H and O–H groups in total. The van der Waals surface area contributed by atoms with E-state index in [-0.39, 0.29) is 24.8 Å². The lowest BCUT2D eigenvalue weighted by atomic mass is 10.1. The van der Waals surface area contributed by atoms with Crippen LogP contribution in [0, 0.1) is 13.8 Å². The van der Waals surface area contributed by atoms with Crippen molar-refractivity contribution in [3.63, 3.8) is 0 Å². The maximum absolute atomic E-state index is 12.1. The van der Waals surface area contributed by atoms with E-state index in [1.165, 1.54) is 11.9 Å². The summed E-state index contributed by atoms with van der Waals surface area (Å²) in [7, 11) is 1.46. The lowest BCUT2D eigenvalue weighted by Gasteiger charge is -2.18. The SMILES string of the molecule is Cc1ccc(C)c(NC(=O)CN(C)C(=O)COC(=O)C2=COCCO2)c1. The molecule has 2 amide bonds. The van der Waals surface area contributed by atoms with Crippen LogP contribution >= 0.6 is 0 Å². The number of likely N-dealkylation sites (N-methyl/N-ethyl adjacent to an activating group) is 1. The summed E-state index contributed by atoms with van der Waals surface area (Å²) in [5.41, 5.74) is 2.64. The van der Waals surface area contributed by atoms with Crippen LogP contribution in [0.4, 0.5) is 5.69 Å². The van der Waals surface area contributed by atoms with Crippen molar-refractivity contribution < 1.29 is 28.6 Å². The lowest BCUT2D eigenvalue weighted by molar-refractivity contribution is -0.152. The zero-order chi connectivity index (χ0) is 19.1. The van der Waals surface area contributed by atoms with Crippen LogP contribution in [0.2, 0.25) is 0 Å². The third-order valence-electron chi connectivity index (χ3n) is 3.65. The first kappa shape index (κ1) is 19.3. The second kappa shape index (κ2) is 8.89. The Labute approximate surface area is 151 Å². The second-order valence-electron chi connectivity index (χ2n) is 5.89. The summed E-state index contributed by atoms with van der Waals surface area (Å²) in [6, 6.07) is 5.72. The van der Waals surface area contributed by atoms with Crippen molar-refractivity contribution in [3.05, 3.63) is 41.3 Å². The molecule has 0 bridgehead atoms. The Balaban J connectivity index is 1.80. The first-order valence-electron chi connectivity index (χ1n) is 8.09. The molecule has 0 aliphatic carbocycles. The number of rotatable bonds is 6. The Morgan fingerprint density at radius 2 is 2.00 bits per heavy atom. The van der Waals surface area contributed by atoms with Crippen molar-refractivity contribution >= 4 is 23.5 Å². The molecule has 1 aromatic carbocycles. The van der Waals surface area contributed by atoms with Crippen LogP contribution in [0.5, 0.6) is 0 Å². The van der Waals surface area contributed by atoms with E-state index in [0.717, 1.165) is 17.4 Å². The van der Waals surface area contributed by atoms with Crippen molar-refractivity contribution in [3.8, 4) is 0 Å². The first-order chi connectivity index (χ1) is 12.4. The second-order valence-corrected chi connectivity index (χ2v) is 5.89. The molecule has 0 saturated carbocycles. The highest BCUT2D eigenvalue weighted by Crippen LogP contribution is 2.16. The topological polar surface area (TPSA) is 94.2 Å². The summed E-state index contributed by atoms with van der Waals surface area (Å²) in [5, 5.41) is 2.77. The van der Waals surface area contributed by atoms with Crippen LogP contribution in [-0.4, -0.2) is 56.1 Å². The third-order valence-corrected chi connectivity index (χ3v) is 3.65.